The van der Waals surface area contributed by atoms with Gasteiger partial charge < -0.3 is 10.4 Å². The van der Waals surface area contributed by atoms with Crippen molar-refractivity contribution in [2.45, 2.75) is 43.4 Å². The van der Waals surface area contributed by atoms with E-state index < -0.39 is 5.60 Å². The molecule has 0 aromatic heterocycles. The van der Waals surface area contributed by atoms with Gasteiger partial charge in [0.05, 0.1) is 5.60 Å². The van der Waals surface area contributed by atoms with E-state index in [1.165, 1.54) is 12.8 Å². The first kappa shape index (κ1) is 11.0. The number of benzene rings is 1. The van der Waals surface area contributed by atoms with E-state index in [1.807, 2.05) is 30.3 Å². The van der Waals surface area contributed by atoms with Gasteiger partial charge in [-0.2, -0.15) is 0 Å². The normalized spacial score (nSPS) is 35.8. The highest BCUT2D eigenvalue weighted by Crippen LogP contribution is 2.40. The van der Waals surface area contributed by atoms with Gasteiger partial charge in [-0.1, -0.05) is 36.9 Å². The SMILES string of the molecule is C=Cc1ccc(C2(O)CC3CCC(C2)N3)cc1. The summed E-state index contributed by atoms with van der Waals surface area (Å²) < 4.78 is 0. The molecular formula is C15H19NO. The number of fused-ring (bicyclic) bond motifs is 2. The van der Waals surface area contributed by atoms with Crippen LogP contribution >= 0.6 is 0 Å². The van der Waals surface area contributed by atoms with E-state index in [2.05, 4.69) is 11.9 Å². The maximum absolute atomic E-state index is 10.8. The van der Waals surface area contributed by atoms with Gasteiger partial charge in [0, 0.05) is 12.1 Å². The summed E-state index contributed by atoms with van der Waals surface area (Å²) >= 11 is 0. The molecule has 0 spiro atoms. The molecule has 90 valence electrons. The molecule has 0 aliphatic carbocycles. The number of hydrogen-bond donors (Lipinski definition) is 2. The van der Waals surface area contributed by atoms with E-state index in [1.54, 1.807) is 0 Å². The number of hydrogen-bond acceptors (Lipinski definition) is 2. The van der Waals surface area contributed by atoms with Gasteiger partial charge >= 0.3 is 0 Å². The number of piperidine rings is 1. The van der Waals surface area contributed by atoms with Crippen molar-refractivity contribution in [3.8, 4) is 0 Å². The molecule has 2 unspecified atom stereocenters. The molecule has 2 aliphatic rings. The zero-order valence-corrected chi connectivity index (χ0v) is 10.0. The van der Waals surface area contributed by atoms with E-state index in [0.717, 1.165) is 24.0 Å². The Kier molecular flexibility index (Phi) is 2.57. The van der Waals surface area contributed by atoms with Crippen molar-refractivity contribution in [2.75, 3.05) is 0 Å². The third-order valence-electron chi connectivity index (χ3n) is 4.19. The molecule has 2 fully saturated rings. The molecule has 2 bridgehead atoms. The van der Waals surface area contributed by atoms with Crippen LogP contribution in [0.5, 0.6) is 0 Å². The van der Waals surface area contributed by atoms with E-state index in [4.69, 9.17) is 0 Å². The van der Waals surface area contributed by atoms with Gasteiger partial charge in [0.15, 0.2) is 0 Å². The highest BCUT2D eigenvalue weighted by Gasteiger charge is 2.43. The zero-order chi connectivity index (χ0) is 11.9. The fraction of sp³-hybridized carbons (Fsp3) is 0.467. The average Bonchev–Trinajstić information content (AvgIpc) is 2.69. The molecule has 3 rings (SSSR count). The number of nitrogens with one attached hydrogen (secondary N) is 1. The van der Waals surface area contributed by atoms with Crippen LogP contribution < -0.4 is 5.32 Å². The lowest BCUT2D eigenvalue weighted by molar-refractivity contribution is -0.0114. The Hall–Kier alpha value is -1.12. The maximum Gasteiger partial charge on any atom is 0.0926 e. The second-order valence-electron chi connectivity index (χ2n) is 5.40. The molecule has 0 amide bonds. The van der Waals surface area contributed by atoms with Gasteiger partial charge in [-0.15, -0.1) is 0 Å². The van der Waals surface area contributed by atoms with E-state index >= 15 is 0 Å². The molecule has 2 nitrogen and oxygen atoms in total. The van der Waals surface area contributed by atoms with Gasteiger partial charge in [-0.25, -0.2) is 0 Å². The van der Waals surface area contributed by atoms with E-state index in [-0.39, 0.29) is 0 Å². The summed E-state index contributed by atoms with van der Waals surface area (Å²) in [5.41, 5.74) is 1.53. The Labute approximate surface area is 102 Å². The van der Waals surface area contributed by atoms with Gasteiger partial charge in [-0.05, 0) is 36.8 Å². The van der Waals surface area contributed by atoms with Crippen LogP contribution in [-0.2, 0) is 5.60 Å². The standard InChI is InChI=1S/C15H19NO/c1-2-11-3-5-12(6-4-11)15(17)9-13-7-8-14(10-15)16-13/h2-6,13-14,16-17H,1,7-10H2. The van der Waals surface area contributed by atoms with Gasteiger partial charge in [0.1, 0.15) is 0 Å². The second-order valence-corrected chi connectivity index (χ2v) is 5.40. The molecule has 2 saturated heterocycles. The minimum absolute atomic E-state index is 0.498. The summed E-state index contributed by atoms with van der Waals surface area (Å²) in [6, 6.07) is 9.15. The molecule has 2 heterocycles. The number of aliphatic hydroxyl groups is 1. The van der Waals surface area contributed by atoms with Crippen molar-refractivity contribution in [1.29, 1.82) is 0 Å². The molecule has 1 aromatic carbocycles. The van der Waals surface area contributed by atoms with Crippen LogP contribution in [0.2, 0.25) is 0 Å². The Bertz CT molecular complexity index is 411. The minimum atomic E-state index is -0.628. The summed E-state index contributed by atoms with van der Waals surface area (Å²) in [5, 5.41) is 14.4. The third-order valence-corrected chi connectivity index (χ3v) is 4.19. The van der Waals surface area contributed by atoms with Gasteiger partial charge in [0.25, 0.3) is 0 Å². The van der Waals surface area contributed by atoms with Crippen molar-refractivity contribution in [3.05, 3.63) is 42.0 Å². The lowest BCUT2D eigenvalue weighted by Gasteiger charge is -2.37. The Morgan fingerprint density at radius 1 is 1.18 bits per heavy atom. The van der Waals surface area contributed by atoms with Crippen LogP contribution in [0.15, 0.2) is 30.8 Å². The van der Waals surface area contributed by atoms with Crippen LogP contribution in [0, 0.1) is 0 Å². The van der Waals surface area contributed by atoms with Crippen LogP contribution in [0.1, 0.15) is 36.8 Å². The number of rotatable bonds is 2. The summed E-state index contributed by atoms with van der Waals surface area (Å²) in [7, 11) is 0. The minimum Gasteiger partial charge on any atom is -0.385 e. The average molecular weight is 229 g/mol. The summed E-state index contributed by atoms with van der Waals surface area (Å²) in [6.45, 7) is 3.75. The van der Waals surface area contributed by atoms with Crippen molar-refractivity contribution in [3.63, 3.8) is 0 Å². The van der Waals surface area contributed by atoms with Crippen molar-refractivity contribution in [1.82, 2.24) is 5.32 Å². The molecular weight excluding hydrogens is 210 g/mol. The quantitative estimate of drug-likeness (QED) is 0.816. The Balaban J connectivity index is 1.88. The fourth-order valence-electron chi connectivity index (χ4n) is 3.29. The molecule has 2 heteroatoms. The third kappa shape index (κ3) is 1.92. The van der Waals surface area contributed by atoms with Crippen molar-refractivity contribution >= 4 is 6.08 Å². The topological polar surface area (TPSA) is 32.3 Å². The van der Waals surface area contributed by atoms with Crippen LogP contribution in [0.25, 0.3) is 6.08 Å². The van der Waals surface area contributed by atoms with Crippen LogP contribution in [-0.4, -0.2) is 17.2 Å². The Morgan fingerprint density at radius 2 is 1.76 bits per heavy atom. The highest BCUT2D eigenvalue weighted by molar-refractivity contribution is 5.47. The lowest BCUT2D eigenvalue weighted by Crippen LogP contribution is -2.46. The second kappa shape index (κ2) is 3.97. The molecule has 0 radical (unpaired) electrons. The predicted octanol–water partition coefficient (Wildman–Crippen LogP) is 2.43. The molecule has 2 aliphatic heterocycles. The molecule has 17 heavy (non-hydrogen) atoms. The fourth-order valence-corrected chi connectivity index (χ4v) is 3.29. The van der Waals surface area contributed by atoms with Crippen molar-refractivity contribution < 1.29 is 5.11 Å². The highest BCUT2D eigenvalue weighted by atomic mass is 16.3. The zero-order valence-electron chi connectivity index (χ0n) is 10.0. The molecule has 2 atom stereocenters. The molecule has 0 saturated carbocycles. The largest absolute Gasteiger partial charge is 0.385 e. The van der Waals surface area contributed by atoms with Crippen molar-refractivity contribution in [2.24, 2.45) is 0 Å². The summed E-state index contributed by atoms with van der Waals surface area (Å²) in [4.78, 5) is 0. The monoisotopic (exact) mass is 229 g/mol. The summed E-state index contributed by atoms with van der Waals surface area (Å²) in [5.74, 6) is 0. The van der Waals surface area contributed by atoms with Crippen LogP contribution in [0.4, 0.5) is 0 Å². The predicted molar refractivity (Wildman–Crippen MR) is 69.6 cm³/mol. The first-order valence-corrected chi connectivity index (χ1v) is 6.41. The smallest absolute Gasteiger partial charge is 0.0926 e. The van der Waals surface area contributed by atoms with Gasteiger partial charge in [0.2, 0.25) is 0 Å². The summed E-state index contributed by atoms with van der Waals surface area (Å²) in [6.07, 6.45) is 5.93. The first-order valence-electron chi connectivity index (χ1n) is 6.41. The van der Waals surface area contributed by atoms with E-state index in [9.17, 15) is 5.11 Å². The lowest BCUT2D eigenvalue weighted by atomic mass is 9.81. The van der Waals surface area contributed by atoms with Gasteiger partial charge in [-0.3, -0.25) is 0 Å². The molecule has 1 aromatic rings. The van der Waals surface area contributed by atoms with Crippen LogP contribution in [0.3, 0.4) is 0 Å². The Morgan fingerprint density at radius 3 is 2.29 bits per heavy atom. The first-order chi connectivity index (χ1) is 8.19. The molecule has 2 N–H and O–H groups in total. The van der Waals surface area contributed by atoms with E-state index in [0.29, 0.717) is 12.1 Å². The maximum atomic E-state index is 10.8.